The lowest BCUT2D eigenvalue weighted by Crippen LogP contribution is -2.48. The number of amides is 4. The number of ether oxygens (including phenoxy) is 3. The highest BCUT2D eigenvalue weighted by Crippen LogP contribution is 2.48. The Balaban J connectivity index is 1.16. The number of aryl methyl sites for hydroxylation is 1. The van der Waals surface area contributed by atoms with Crippen LogP contribution in [-0.4, -0.2) is 103 Å². The lowest BCUT2D eigenvalue weighted by molar-refractivity contribution is 0.0599. The summed E-state index contributed by atoms with van der Waals surface area (Å²) in [4.78, 5) is 74.7. The number of alkyl halides is 1. The first-order valence-corrected chi connectivity index (χ1v) is 18.9. The molecule has 0 spiro atoms. The second kappa shape index (κ2) is 15.5. The molecule has 3 aromatic carbocycles. The van der Waals surface area contributed by atoms with Crippen molar-refractivity contribution in [2.45, 2.75) is 39.2 Å². The van der Waals surface area contributed by atoms with Crippen LogP contribution >= 0.6 is 11.6 Å². The summed E-state index contributed by atoms with van der Waals surface area (Å²) >= 11 is 6.54. The van der Waals surface area contributed by atoms with Crippen molar-refractivity contribution in [1.82, 2.24) is 14.8 Å². The Morgan fingerprint density at radius 2 is 1.65 bits per heavy atom. The summed E-state index contributed by atoms with van der Waals surface area (Å²) in [5, 5.41) is 6.53. The number of anilines is 3. The van der Waals surface area contributed by atoms with Crippen LogP contribution < -0.4 is 20.3 Å². The van der Waals surface area contributed by atoms with Crippen LogP contribution in [0.5, 0.6) is 5.75 Å². The number of carbonyl (C=O) groups is 5. The van der Waals surface area contributed by atoms with E-state index < -0.39 is 29.7 Å². The maximum absolute atomic E-state index is 14.3. The van der Waals surface area contributed by atoms with Crippen molar-refractivity contribution < 1.29 is 42.6 Å². The number of benzene rings is 3. The third kappa shape index (κ3) is 7.98. The van der Waals surface area contributed by atoms with Crippen LogP contribution in [0.15, 0.2) is 59.0 Å². The Morgan fingerprint density at radius 1 is 0.947 bits per heavy atom. The van der Waals surface area contributed by atoms with Crippen LogP contribution in [0.1, 0.15) is 69.2 Å². The van der Waals surface area contributed by atoms with E-state index in [0.29, 0.717) is 81.9 Å². The molecule has 0 aliphatic carbocycles. The number of nitrogens with one attached hydrogen (secondary N) is 3. The van der Waals surface area contributed by atoms with E-state index in [1.54, 1.807) is 87.2 Å². The molecule has 0 bridgehead atoms. The monoisotopic (exact) mass is 798 g/mol. The van der Waals surface area contributed by atoms with Gasteiger partial charge in [0.05, 0.1) is 23.9 Å². The molecular formula is C41H43ClN6O9. The number of hydrogen-bond acceptors (Lipinski definition) is 10. The van der Waals surface area contributed by atoms with Gasteiger partial charge in [-0.05, 0) is 88.8 Å². The van der Waals surface area contributed by atoms with Crippen molar-refractivity contribution >= 4 is 80.5 Å². The molecule has 0 saturated carbocycles. The molecule has 0 unspecified atom stereocenters. The predicted octanol–water partition coefficient (Wildman–Crippen LogP) is 7.34. The van der Waals surface area contributed by atoms with Gasteiger partial charge in [0, 0.05) is 84.0 Å². The second-order valence-corrected chi connectivity index (χ2v) is 15.4. The highest BCUT2D eigenvalue weighted by Gasteiger charge is 2.39. The molecular weight excluding hydrogens is 756 g/mol. The van der Waals surface area contributed by atoms with Gasteiger partial charge in [-0.25, -0.2) is 14.4 Å². The quantitative estimate of drug-likeness (QED) is 0.112. The molecule has 15 nitrogen and oxygen atoms in total. The third-order valence-electron chi connectivity index (χ3n) is 9.91. The number of esters is 1. The van der Waals surface area contributed by atoms with E-state index in [1.807, 2.05) is 7.05 Å². The van der Waals surface area contributed by atoms with Crippen LogP contribution in [0.25, 0.3) is 21.9 Å². The maximum Gasteiger partial charge on any atom is 0.415 e. The van der Waals surface area contributed by atoms with Crippen molar-refractivity contribution in [3.63, 3.8) is 0 Å². The first-order chi connectivity index (χ1) is 27.1. The van der Waals surface area contributed by atoms with Gasteiger partial charge in [-0.2, -0.15) is 0 Å². The minimum atomic E-state index is -0.653. The number of nitrogens with zero attached hydrogens (tertiary/aromatic N) is 3. The summed E-state index contributed by atoms with van der Waals surface area (Å²) in [6, 6.07) is 14.6. The summed E-state index contributed by atoms with van der Waals surface area (Å²) in [6.45, 7) is 9.54. The zero-order chi connectivity index (χ0) is 40.8. The normalized spacial score (nSPS) is 15.7. The van der Waals surface area contributed by atoms with Crippen LogP contribution in [0.4, 0.5) is 26.7 Å². The van der Waals surface area contributed by atoms with Gasteiger partial charge < -0.3 is 43.6 Å². The van der Waals surface area contributed by atoms with Crippen LogP contribution in [0.2, 0.25) is 0 Å². The Kier molecular flexibility index (Phi) is 10.6. The molecule has 1 atom stereocenters. The lowest BCUT2D eigenvalue weighted by atomic mass is 9.95. The van der Waals surface area contributed by atoms with E-state index in [1.165, 1.54) is 12.0 Å². The van der Waals surface area contributed by atoms with Crippen molar-refractivity contribution in [3.8, 4) is 5.75 Å². The minimum absolute atomic E-state index is 0.0252. The van der Waals surface area contributed by atoms with Crippen LogP contribution in [0, 0.1) is 6.92 Å². The van der Waals surface area contributed by atoms with Crippen molar-refractivity contribution in [1.29, 1.82) is 0 Å². The van der Waals surface area contributed by atoms with Crippen molar-refractivity contribution in [2.24, 2.45) is 0 Å². The van der Waals surface area contributed by atoms with E-state index in [9.17, 15) is 24.0 Å². The number of halogens is 1. The van der Waals surface area contributed by atoms with Crippen molar-refractivity contribution in [3.05, 3.63) is 82.7 Å². The standard InChI is InChI=1S/C41H43ClN6O9/c1-22-32(38(51)54-6)34-33-25(20-42)21-48(28(33)19-30(35(34)43-22)56-40(53)47-15-13-46(5)14-16-47)37(50)31-18-24-17-27(11-12-29(24)55-31)44-36(49)23-7-9-26(10-8-23)45-39(52)57-41(2,3)4/h7-12,17-19,25,43H,13-16,20-21H2,1-6H3,(H,44,49)(H,45,52)/t25-/m1/s1. The zero-order valence-electron chi connectivity index (χ0n) is 32.4. The molecule has 2 aliphatic heterocycles. The Morgan fingerprint density at radius 3 is 2.32 bits per heavy atom. The average molecular weight is 799 g/mol. The fourth-order valence-electron chi connectivity index (χ4n) is 7.12. The Hall–Kier alpha value is -6.06. The second-order valence-electron chi connectivity index (χ2n) is 15.1. The van der Waals surface area contributed by atoms with E-state index >= 15 is 0 Å². The molecule has 57 heavy (non-hydrogen) atoms. The van der Waals surface area contributed by atoms with Gasteiger partial charge in [0.25, 0.3) is 11.8 Å². The molecule has 7 rings (SSSR count). The Bertz CT molecular complexity index is 2410. The largest absolute Gasteiger partial charge is 0.465 e. The number of furan rings is 1. The maximum atomic E-state index is 14.3. The number of rotatable bonds is 7. The molecule has 3 N–H and O–H groups in total. The predicted molar refractivity (Wildman–Crippen MR) is 215 cm³/mol. The number of aromatic nitrogens is 1. The number of piperazine rings is 1. The molecule has 298 valence electrons. The number of fused-ring (bicyclic) bond motifs is 4. The molecule has 5 aromatic rings. The number of carbonyl (C=O) groups excluding carboxylic acids is 5. The first kappa shape index (κ1) is 39.2. The van der Waals surface area contributed by atoms with Gasteiger partial charge >= 0.3 is 18.2 Å². The van der Waals surface area contributed by atoms with Gasteiger partial charge in [-0.15, -0.1) is 11.6 Å². The molecule has 2 aliphatic rings. The molecule has 1 fully saturated rings. The first-order valence-electron chi connectivity index (χ1n) is 18.4. The van der Waals surface area contributed by atoms with Crippen LogP contribution in [0.3, 0.4) is 0 Å². The van der Waals surface area contributed by atoms with Gasteiger partial charge in [0.1, 0.15) is 11.2 Å². The topological polar surface area (TPSA) is 176 Å². The fourth-order valence-corrected chi connectivity index (χ4v) is 7.37. The third-order valence-corrected chi connectivity index (χ3v) is 10.3. The average Bonchev–Trinajstić information content (AvgIpc) is 3.86. The molecule has 4 heterocycles. The highest BCUT2D eigenvalue weighted by atomic mass is 35.5. The van der Waals surface area contributed by atoms with E-state index in [0.717, 1.165) is 0 Å². The molecule has 0 radical (unpaired) electrons. The summed E-state index contributed by atoms with van der Waals surface area (Å²) in [6.07, 6.45) is -1.15. The van der Waals surface area contributed by atoms with E-state index in [-0.39, 0.29) is 41.3 Å². The SMILES string of the molecule is COC(=O)c1c(C)[nH]c2c(OC(=O)N3CCN(C)CC3)cc3c(c12)[C@H](CCl)CN3C(=O)c1cc2cc(NC(=O)c3ccc(NC(=O)OC(C)(C)C)cc3)ccc2o1. The summed E-state index contributed by atoms with van der Waals surface area (Å²) in [5.41, 5.74) is 3.30. The van der Waals surface area contributed by atoms with E-state index in [2.05, 4.69) is 20.5 Å². The number of hydrogen-bond donors (Lipinski definition) is 3. The number of likely N-dealkylation sites (N-methyl/N-ethyl adjacent to an activating group) is 1. The van der Waals surface area contributed by atoms with Gasteiger partial charge in [0.2, 0.25) is 0 Å². The Labute approximate surface area is 333 Å². The number of H-pyrrole nitrogens is 1. The highest BCUT2D eigenvalue weighted by molar-refractivity contribution is 6.20. The van der Waals surface area contributed by atoms with Crippen LogP contribution in [-0.2, 0) is 9.47 Å². The molecule has 4 amide bonds. The smallest absolute Gasteiger partial charge is 0.415 e. The number of methoxy groups -OCH3 is 1. The van der Waals surface area contributed by atoms with Gasteiger partial charge in [0.15, 0.2) is 11.5 Å². The summed E-state index contributed by atoms with van der Waals surface area (Å²) in [7, 11) is 3.27. The number of aromatic amines is 1. The molecule has 16 heteroatoms. The minimum Gasteiger partial charge on any atom is -0.465 e. The fraction of sp³-hybridized carbons (Fsp3) is 0.341. The van der Waals surface area contributed by atoms with Gasteiger partial charge in [-0.3, -0.25) is 14.9 Å². The lowest BCUT2D eigenvalue weighted by Gasteiger charge is -2.31. The molecule has 1 saturated heterocycles. The zero-order valence-corrected chi connectivity index (χ0v) is 33.2. The summed E-state index contributed by atoms with van der Waals surface area (Å²) < 4.78 is 22.5. The molecule has 2 aromatic heterocycles. The van der Waals surface area contributed by atoms with E-state index in [4.69, 9.17) is 30.2 Å². The van der Waals surface area contributed by atoms with Crippen molar-refractivity contribution in [2.75, 3.05) is 68.3 Å². The van der Waals surface area contributed by atoms with Gasteiger partial charge in [-0.1, -0.05) is 0 Å². The summed E-state index contributed by atoms with van der Waals surface area (Å²) in [5.74, 6) is -1.54.